The van der Waals surface area contributed by atoms with Gasteiger partial charge in [-0.15, -0.1) is 0 Å². The Labute approximate surface area is 210 Å². The van der Waals surface area contributed by atoms with Gasteiger partial charge in [0.25, 0.3) is 5.91 Å². The Balaban J connectivity index is 1.35. The van der Waals surface area contributed by atoms with Crippen LogP contribution in [0.2, 0.25) is 0 Å². The molecular formula is C31H37N3O. The molecule has 2 saturated heterocycles. The average molecular weight is 468 g/mol. The Kier molecular flexibility index (Phi) is 7.19. The molecule has 1 unspecified atom stereocenters. The van der Waals surface area contributed by atoms with Crippen molar-refractivity contribution in [3.05, 3.63) is 96.1 Å². The number of anilines is 2. The van der Waals surface area contributed by atoms with Crippen molar-refractivity contribution in [1.82, 2.24) is 9.80 Å². The standard InChI is InChI=1S/C31H37N3O/c1-3-32(2)31(35)25-14-16-27(17-15-25)34(26-12-8-5-9-13-26)30-22-28-18-19-29(23-30)33(28)21-20-24-10-6-4-7-11-24/h4-17,28-30H,3,18-23H2,1-2H3/t28-,29+,30?. The highest BCUT2D eigenvalue weighted by atomic mass is 16.2. The molecule has 0 aliphatic carbocycles. The molecule has 3 atom stereocenters. The predicted octanol–water partition coefficient (Wildman–Crippen LogP) is 6.15. The van der Waals surface area contributed by atoms with Gasteiger partial charge < -0.3 is 9.80 Å². The first-order chi connectivity index (χ1) is 17.1. The number of carbonyl (C=O) groups is 1. The fourth-order valence-corrected chi connectivity index (χ4v) is 6.01. The third kappa shape index (κ3) is 5.13. The molecule has 2 bridgehead atoms. The molecule has 2 heterocycles. The lowest BCUT2D eigenvalue weighted by Crippen LogP contribution is -2.50. The Bertz CT molecular complexity index is 1090. The second kappa shape index (κ2) is 10.7. The summed E-state index contributed by atoms with van der Waals surface area (Å²) in [6, 6.07) is 31.6. The zero-order chi connectivity index (χ0) is 24.2. The predicted molar refractivity (Wildman–Crippen MR) is 144 cm³/mol. The normalized spacial score (nSPS) is 21.6. The largest absolute Gasteiger partial charge is 0.342 e. The SMILES string of the molecule is CCN(C)C(=O)c1ccc(N(c2ccccc2)C2C[C@H]3CC[C@@H](C2)N3CCc2ccccc2)cc1. The lowest BCUT2D eigenvalue weighted by Gasteiger charge is -2.44. The van der Waals surface area contributed by atoms with Crippen molar-refractivity contribution in [2.75, 3.05) is 25.0 Å². The lowest BCUT2D eigenvalue weighted by atomic mass is 9.94. The smallest absolute Gasteiger partial charge is 0.253 e. The molecule has 0 spiro atoms. The summed E-state index contributed by atoms with van der Waals surface area (Å²) in [7, 11) is 1.86. The molecular weight excluding hydrogens is 430 g/mol. The Hall–Kier alpha value is -3.11. The quantitative estimate of drug-likeness (QED) is 0.397. The summed E-state index contributed by atoms with van der Waals surface area (Å²) < 4.78 is 0. The van der Waals surface area contributed by atoms with Crippen LogP contribution < -0.4 is 4.90 Å². The molecule has 4 heteroatoms. The van der Waals surface area contributed by atoms with Gasteiger partial charge in [-0.3, -0.25) is 9.69 Å². The van der Waals surface area contributed by atoms with Gasteiger partial charge in [-0.2, -0.15) is 0 Å². The molecule has 2 aliphatic rings. The van der Waals surface area contributed by atoms with Gasteiger partial charge in [0.05, 0.1) is 0 Å². The van der Waals surface area contributed by atoms with Crippen molar-refractivity contribution in [1.29, 1.82) is 0 Å². The van der Waals surface area contributed by atoms with Crippen molar-refractivity contribution in [3.8, 4) is 0 Å². The Morgan fingerprint density at radius 1 is 0.829 bits per heavy atom. The fourth-order valence-electron chi connectivity index (χ4n) is 6.01. The minimum Gasteiger partial charge on any atom is -0.342 e. The van der Waals surface area contributed by atoms with Crippen LogP contribution in [0.25, 0.3) is 0 Å². The number of rotatable bonds is 8. The molecule has 0 radical (unpaired) electrons. The van der Waals surface area contributed by atoms with Crippen molar-refractivity contribution in [2.45, 2.75) is 57.2 Å². The zero-order valence-corrected chi connectivity index (χ0v) is 21.0. The molecule has 0 aromatic heterocycles. The van der Waals surface area contributed by atoms with Crippen molar-refractivity contribution >= 4 is 17.3 Å². The summed E-state index contributed by atoms with van der Waals surface area (Å²) in [5.41, 5.74) is 4.60. The maximum Gasteiger partial charge on any atom is 0.253 e. The molecule has 1 amide bonds. The van der Waals surface area contributed by atoms with Gasteiger partial charge >= 0.3 is 0 Å². The van der Waals surface area contributed by atoms with Gasteiger partial charge in [-0.25, -0.2) is 0 Å². The van der Waals surface area contributed by atoms with Gasteiger partial charge in [0.15, 0.2) is 0 Å². The van der Waals surface area contributed by atoms with Crippen molar-refractivity contribution in [2.24, 2.45) is 0 Å². The summed E-state index contributed by atoms with van der Waals surface area (Å²) >= 11 is 0. The van der Waals surface area contributed by atoms with E-state index in [1.54, 1.807) is 4.90 Å². The Morgan fingerprint density at radius 2 is 1.40 bits per heavy atom. The van der Waals surface area contributed by atoms with E-state index in [0.717, 1.165) is 18.5 Å². The maximum atomic E-state index is 12.6. The van der Waals surface area contributed by atoms with E-state index in [1.807, 2.05) is 26.1 Å². The highest BCUT2D eigenvalue weighted by Crippen LogP contribution is 2.41. The van der Waals surface area contributed by atoms with E-state index in [4.69, 9.17) is 0 Å². The molecule has 4 nitrogen and oxygen atoms in total. The molecule has 35 heavy (non-hydrogen) atoms. The molecule has 0 N–H and O–H groups in total. The number of benzene rings is 3. The van der Waals surface area contributed by atoms with Gasteiger partial charge in [-0.05, 0) is 81.0 Å². The van der Waals surface area contributed by atoms with Crippen LogP contribution >= 0.6 is 0 Å². The number of hydrogen-bond donors (Lipinski definition) is 0. The van der Waals surface area contributed by atoms with Gasteiger partial charge in [0.2, 0.25) is 0 Å². The van der Waals surface area contributed by atoms with Gasteiger partial charge in [-0.1, -0.05) is 48.5 Å². The summed E-state index contributed by atoms with van der Waals surface area (Å²) in [4.78, 5) is 19.7. The lowest BCUT2D eigenvalue weighted by molar-refractivity contribution is 0.0802. The molecule has 2 fully saturated rings. The van der Waals surface area contributed by atoms with E-state index < -0.39 is 0 Å². The van der Waals surface area contributed by atoms with Crippen LogP contribution in [-0.4, -0.2) is 54.0 Å². The van der Waals surface area contributed by atoms with Crippen LogP contribution in [0.4, 0.5) is 11.4 Å². The number of carbonyl (C=O) groups excluding carboxylic acids is 1. The average Bonchev–Trinajstić information content (AvgIpc) is 3.15. The van der Waals surface area contributed by atoms with Crippen LogP contribution in [0, 0.1) is 0 Å². The van der Waals surface area contributed by atoms with E-state index in [-0.39, 0.29) is 5.91 Å². The molecule has 3 aromatic carbocycles. The van der Waals surface area contributed by atoms with E-state index >= 15 is 0 Å². The minimum atomic E-state index is 0.0788. The molecule has 182 valence electrons. The topological polar surface area (TPSA) is 26.8 Å². The first-order valence-corrected chi connectivity index (χ1v) is 13.1. The molecule has 3 aromatic rings. The first kappa shape index (κ1) is 23.6. The van der Waals surface area contributed by atoms with Crippen LogP contribution in [0.5, 0.6) is 0 Å². The highest BCUT2D eigenvalue weighted by Gasteiger charge is 2.42. The van der Waals surface area contributed by atoms with Crippen LogP contribution in [0.1, 0.15) is 48.5 Å². The van der Waals surface area contributed by atoms with E-state index in [0.29, 0.717) is 24.7 Å². The zero-order valence-electron chi connectivity index (χ0n) is 21.0. The van der Waals surface area contributed by atoms with Crippen LogP contribution in [-0.2, 0) is 6.42 Å². The molecule has 2 aliphatic heterocycles. The number of hydrogen-bond acceptors (Lipinski definition) is 3. The summed E-state index contributed by atoms with van der Waals surface area (Å²) in [5.74, 6) is 0.0788. The monoisotopic (exact) mass is 467 g/mol. The number of nitrogens with zero attached hydrogens (tertiary/aromatic N) is 3. The summed E-state index contributed by atoms with van der Waals surface area (Å²) in [6.07, 6.45) is 6.09. The molecule has 5 rings (SSSR count). The van der Waals surface area contributed by atoms with Gasteiger partial charge in [0, 0.05) is 55.2 Å². The highest BCUT2D eigenvalue weighted by molar-refractivity contribution is 5.94. The maximum absolute atomic E-state index is 12.6. The Morgan fingerprint density at radius 3 is 2.00 bits per heavy atom. The minimum absolute atomic E-state index is 0.0788. The van der Waals surface area contributed by atoms with E-state index in [1.165, 1.54) is 42.6 Å². The van der Waals surface area contributed by atoms with E-state index in [9.17, 15) is 4.79 Å². The first-order valence-electron chi connectivity index (χ1n) is 13.1. The summed E-state index contributed by atoms with van der Waals surface area (Å²) in [5, 5.41) is 0. The second-order valence-electron chi connectivity index (χ2n) is 10.1. The number of fused-ring (bicyclic) bond motifs is 2. The van der Waals surface area contributed by atoms with Crippen molar-refractivity contribution < 1.29 is 4.79 Å². The number of para-hydroxylation sites is 1. The van der Waals surface area contributed by atoms with Crippen LogP contribution in [0.15, 0.2) is 84.9 Å². The fraction of sp³-hybridized carbons (Fsp3) is 0.387. The second-order valence-corrected chi connectivity index (χ2v) is 10.1. The van der Waals surface area contributed by atoms with Crippen LogP contribution in [0.3, 0.4) is 0 Å². The third-order valence-corrected chi connectivity index (χ3v) is 7.97. The van der Waals surface area contributed by atoms with E-state index in [2.05, 4.69) is 82.6 Å². The van der Waals surface area contributed by atoms with Crippen molar-refractivity contribution in [3.63, 3.8) is 0 Å². The van der Waals surface area contributed by atoms with Gasteiger partial charge in [0.1, 0.15) is 0 Å². The summed E-state index contributed by atoms with van der Waals surface area (Å²) in [6.45, 7) is 3.87. The molecule has 0 saturated carbocycles. The number of piperidine rings is 1. The number of amides is 1. The third-order valence-electron chi connectivity index (χ3n) is 7.97.